The summed E-state index contributed by atoms with van der Waals surface area (Å²) in [4.78, 5) is 11.3. The zero-order chi connectivity index (χ0) is 14.1. The predicted octanol–water partition coefficient (Wildman–Crippen LogP) is 0.675. The van der Waals surface area contributed by atoms with Gasteiger partial charge in [-0.1, -0.05) is 37.3 Å². The Balaban J connectivity index is 2.34. The van der Waals surface area contributed by atoms with Gasteiger partial charge in [0.05, 0.1) is 12.3 Å². The smallest absolute Gasteiger partial charge is 0.235 e. The van der Waals surface area contributed by atoms with Gasteiger partial charge in [0.1, 0.15) is 0 Å². The third-order valence-corrected chi connectivity index (χ3v) is 3.85. The molecule has 5 nitrogen and oxygen atoms in total. The van der Waals surface area contributed by atoms with Crippen LogP contribution in [0.25, 0.3) is 0 Å². The molecule has 0 spiro atoms. The standard InChI is InChI=1S/C13H20N2O3S/c1-2-9-14-13(16)11-15-19(17,18)10-8-12-6-4-3-5-7-12/h3-7,15H,2,8-11H2,1H3,(H,14,16). The zero-order valence-electron chi connectivity index (χ0n) is 11.1. The quantitative estimate of drug-likeness (QED) is 0.737. The maximum atomic E-state index is 11.7. The summed E-state index contributed by atoms with van der Waals surface area (Å²) in [5.41, 5.74) is 0.961. The Hall–Kier alpha value is -1.40. The summed E-state index contributed by atoms with van der Waals surface area (Å²) >= 11 is 0. The van der Waals surface area contributed by atoms with Crippen molar-refractivity contribution >= 4 is 15.9 Å². The average Bonchev–Trinajstić information content (AvgIpc) is 2.42. The number of aryl methyl sites for hydroxylation is 1. The van der Waals surface area contributed by atoms with Crippen molar-refractivity contribution in [2.24, 2.45) is 0 Å². The van der Waals surface area contributed by atoms with Gasteiger partial charge in [-0.25, -0.2) is 13.1 Å². The maximum Gasteiger partial charge on any atom is 0.235 e. The molecule has 0 aliphatic carbocycles. The summed E-state index contributed by atoms with van der Waals surface area (Å²) in [6.45, 7) is 2.30. The van der Waals surface area contributed by atoms with Crippen molar-refractivity contribution in [2.45, 2.75) is 19.8 Å². The van der Waals surface area contributed by atoms with Gasteiger partial charge in [-0.15, -0.1) is 0 Å². The number of amides is 1. The Morgan fingerprint density at radius 3 is 2.53 bits per heavy atom. The first kappa shape index (κ1) is 15.7. The van der Waals surface area contributed by atoms with Crippen molar-refractivity contribution in [1.29, 1.82) is 0 Å². The van der Waals surface area contributed by atoms with E-state index in [0.29, 0.717) is 13.0 Å². The SMILES string of the molecule is CCCNC(=O)CNS(=O)(=O)CCc1ccccc1. The minimum Gasteiger partial charge on any atom is -0.355 e. The molecule has 0 aliphatic rings. The summed E-state index contributed by atoms with van der Waals surface area (Å²) in [6, 6.07) is 9.38. The molecule has 106 valence electrons. The lowest BCUT2D eigenvalue weighted by Crippen LogP contribution is -2.38. The van der Waals surface area contributed by atoms with Crippen LogP contribution in [0.4, 0.5) is 0 Å². The lowest BCUT2D eigenvalue weighted by Gasteiger charge is -2.07. The van der Waals surface area contributed by atoms with E-state index in [1.165, 1.54) is 0 Å². The Kier molecular flexibility index (Phi) is 6.52. The fraction of sp³-hybridized carbons (Fsp3) is 0.462. The number of sulfonamides is 1. The van der Waals surface area contributed by atoms with Crippen molar-refractivity contribution in [1.82, 2.24) is 10.0 Å². The van der Waals surface area contributed by atoms with E-state index in [1.807, 2.05) is 37.3 Å². The van der Waals surface area contributed by atoms with Crippen LogP contribution in [0.5, 0.6) is 0 Å². The van der Waals surface area contributed by atoms with E-state index in [-0.39, 0.29) is 18.2 Å². The van der Waals surface area contributed by atoms with E-state index in [9.17, 15) is 13.2 Å². The highest BCUT2D eigenvalue weighted by Crippen LogP contribution is 2.01. The molecule has 0 saturated carbocycles. The van der Waals surface area contributed by atoms with Crippen molar-refractivity contribution in [3.8, 4) is 0 Å². The number of carbonyl (C=O) groups excluding carboxylic acids is 1. The molecule has 0 saturated heterocycles. The van der Waals surface area contributed by atoms with E-state index in [1.54, 1.807) is 0 Å². The van der Waals surface area contributed by atoms with E-state index in [0.717, 1.165) is 12.0 Å². The highest BCUT2D eigenvalue weighted by molar-refractivity contribution is 7.89. The first-order valence-corrected chi connectivity index (χ1v) is 7.96. The lowest BCUT2D eigenvalue weighted by atomic mass is 10.2. The fourth-order valence-corrected chi connectivity index (χ4v) is 2.47. The molecule has 1 aromatic rings. The van der Waals surface area contributed by atoms with Gasteiger partial charge < -0.3 is 5.32 Å². The van der Waals surface area contributed by atoms with Crippen LogP contribution >= 0.6 is 0 Å². The number of hydrogen-bond donors (Lipinski definition) is 2. The fourth-order valence-electron chi connectivity index (χ4n) is 1.47. The molecule has 0 atom stereocenters. The minimum atomic E-state index is -3.41. The Morgan fingerprint density at radius 1 is 1.21 bits per heavy atom. The Morgan fingerprint density at radius 2 is 1.89 bits per heavy atom. The molecule has 0 bridgehead atoms. The minimum absolute atomic E-state index is 0.0158. The molecule has 1 aromatic carbocycles. The summed E-state index contributed by atoms with van der Waals surface area (Å²) in [6.07, 6.45) is 1.26. The number of benzene rings is 1. The Bertz CT molecular complexity index is 486. The van der Waals surface area contributed by atoms with Gasteiger partial charge in [0, 0.05) is 6.54 Å². The van der Waals surface area contributed by atoms with Crippen molar-refractivity contribution in [3.63, 3.8) is 0 Å². The summed E-state index contributed by atoms with van der Waals surface area (Å²) < 4.78 is 25.7. The van der Waals surface area contributed by atoms with Gasteiger partial charge >= 0.3 is 0 Å². The lowest BCUT2D eigenvalue weighted by molar-refractivity contribution is -0.119. The van der Waals surface area contributed by atoms with Gasteiger partial charge in [0.25, 0.3) is 0 Å². The van der Waals surface area contributed by atoms with Gasteiger partial charge in [-0.05, 0) is 18.4 Å². The second kappa shape index (κ2) is 7.91. The number of carbonyl (C=O) groups is 1. The summed E-state index contributed by atoms with van der Waals surface area (Å²) in [5.74, 6) is -0.317. The molecule has 0 unspecified atom stereocenters. The predicted molar refractivity (Wildman–Crippen MR) is 75.2 cm³/mol. The molecule has 0 radical (unpaired) electrons. The van der Waals surface area contributed by atoms with E-state index < -0.39 is 10.0 Å². The van der Waals surface area contributed by atoms with Crippen LogP contribution in [0.2, 0.25) is 0 Å². The van der Waals surface area contributed by atoms with Crippen LogP contribution in [0.3, 0.4) is 0 Å². The molecular formula is C13H20N2O3S. The second-order valence-corrected chi connectivity index (χ2v) is 6.15. The molecule has 0 fully saturated rings. The topological polar surface area (TPSA) is 75.3 Å². The highest BCUT2D eigenvalue weighted by atomic mass is 32.2. The first-order valence-electron chi connectivity index (χ1n) is 6.31. The molecule has 1 rings (SSSR count). The average molecular weight is 284 g/mol. The molecule has 0 aromatic heterocycles. The maximum absolute atomic E-state index is 11.7. The van der Waals surface area contributed by atoms with Gasteiger partial charge in [0.15, 0.2) is 0 Å². The normalized spacial score (nSPS) is 11.2. The Labute approximate surface area is 114 Å². The number of nitrogens with one attached hydrogen (secondary N) is 2. The number of rotatable bonds is 8. The molecule has 0 aliphatic heterocycles. The van der Waals surface area contributed by atoms with Gasteiger partial charge in [-0.3, -0.25) is 4.79 Å². The summed E-state index contributed by atoms with van der Waals surface area (Å²) in [5, 5.41) is 2.61. The third-order valence-electron chi connectivity index (χ3n) is 2.53. The molecule has 19 heavy (non-hydrogen) atoms. The van der Waals surface area contributed by atoms with Crippen LogP contribution in [0, 0.1) is 0 Å². The molecule has 1 amide bonds. The second-order valence-electron chi connectivity index (χ2n) is 4.23. The van der Waals surface area contributed by atoms with Crippen molar-refractivity contribution in [3.05, 3.63) is 35.9 Å². The largest absolute Gasteiger partial charge is 0.355 e. The van der Waals surface area contributed by atoms with Crippen molar-refractivity contribution in [2.75, 3.05) is 18.8 Å². The van der Waals surface area contributed by atoms with E-state index in [2.05, 4.69) is 10.0 Å². The first-order chi connectivity index (χ1) is 9.03. The van der Waals surface area contributed by atoms with Gasteiger partial charge in [0.2, 0.25) is 15.9 Å². The zero-order valence-corrected chi connectivity index (χ0v) is 11.9. The molecule has 2 N–H and O–H groups in total. The third kappa shape index (κ3) is 6.93. The monoisotopic (exact) mass is 284 g/mol. The number of hydrogen-bond acceptors (Lipinski definition) is 3. The van der Waals surface area contributed by atoms with Crippen LogP contribution in [0.15, 0.2) is 30.3 Å². The van der Waals surface area contributed by atoms with Crippen LogP contribution < -0.4 is 10.0 Å². The molecular weight excluding hydrogens is 264 g/mol. The molecule has 6 heteroatoms. The van der Waals surface area contributed by atoms with Crippen molar-refractivity contribution < 1.29 is 13.2 Å². The summed E-state index contributed by atoms with van der Waals surface area (Å²) in [7, 11) is -3.41. The molecule has 0 heterocycles. The van der Waals surface area contributed by atoms with Crippen LogP contribution in [0.1, 0.15) is 18.9 Å². The van der Waals surface area contributed by atoms with E-state index >= 15 is 0 Å². The van der Waals surface area contributed by atoms with Gasteiger partial charge in [-0.2, -0.15) is 0 Å². The van der Waals surface area contributed by atoms with Crippen LogP contribution in [-0.4, -0.2) is 33.2 Å². The highest BCUT2D eigenvalue weighted by Gasteiger charge is 2.12. The van der Waals surface area contributed by atoms with E-state index in [4.69, 9.17) is 0 Å². The van der Waals surface area contributed by atoms with Crippen LogP contribution in [-0.2, 0) is 21.2 Å².